The summed E-state index contributed by atoms with van der Waals surface area (Å²) >= 11 is 13.2. The van der Waals surface area contributed by atoms with Crippen molar-refractivity contribution in [1.29, 1.82) is 0 Å². The van der Waals surface area contributed by atoms with E-state index >= 15 is 0 Å². The van der Waals surface area contributed by atoms with Crippen molar-refractivity contribution in [2.75, 3.05) is 23.8 Å². The number of imidazole rings is 1. The summed E-state index contributed by atoms with van der Waals surface area (Å²) in [6.45, 7) is 4.96. The molecule has 1 aliphatic carbocycles. The van der Waals surface area contributed by atoms with E-state index in [2.05, 4.69) is 20.9 Å². The molecule has 1 aromatic heterocycles. The molecule has 0 saturated heterocycles. The molecule has 3 N–H and O–H groups in total. The molecule has 2 aromatic carbocycles. The number of fused-ring (bicyclic) bond motifs is 1. The Balaban J connectivity index is 1.68. The maximum atomic E-state index is 12.9. The van der Waals surface area contributed by atoms with Crippen molar-refractivity contribution in [3.63, 3.8) is 0 Å². The van der Waals surface area contributed by atoms with Crippen LogP contribution in [0, 0.1) is 5.41 Å². The molecule has 1 aliphatic rings. The molecule has 2 amide bonds. The van der Waals surface area contributed by atoms with Gasteiger partial charge in [-0.1, -0.05) is 50.0 Å². The van der Waals surface area contributed by atoms with Crippen LogP contribution in [0.1, 0.15) is 49.5 Å². The van der Waals surface area contributed by atoms with Crippen LogP contribution in [0.2, 0.25) is 10.0 Å². The van der Waals surface area contributed by atoms with Gasteiger partial charge in [0.15, 0.2) is 0 Å². The van der Waals surface area contributed by atoms with E-state index in [1.54, 1.807) is 22.8 Å². The summed E-state index contributed by atoms with van der Waals surface area (Å²) in [6, 6.07) is 7.17. The van der Waals surface area contributed by atoms with Crippen molar-refractivity contribution < 1.29 is 18.4 Å². The van der Waals surface area contributed by atoms with Crippen LogP contribution in [0.15, 0.2) is 24.3 Å². The lowest BCUT2D eigenvalue weighted by atomic mass is 9.95. The molecule has 0 atom stereocenters. The van der Waals surface area contributed by atoms with Crippen molar-refractivity contribution in [1.82, 2.24) is 20.2 Å². The highest BCUT2D eigenvalue weighted by Gasteiger charge is 2.30. The maximum absolute atomic E-state index is 12.9. The van der Waals surface area contributed by atoms with Gasteiger partial charge in [0.2, 0.25) is 11.9 Å². The monoisotopic (exact) mass is 580 g/mol. The number of carbonyl (C=O) groups excluding carboxylic acids is 2. The topological polar surface area (TPSA) is 91.3 Å². The van der Waals surface area contributed by atoms with Gasteiger partial charge in [-0.2, -0.15) is 0 Å². The Morgan fingerprint density at radius 1 is 1.18 bits per heavy atom. The number of carbonyl (C=O) groups is 2. The molecule has 1 saturated carbocycles. The summed E-state index contributed by atoms with van der Waals surface area (Å²) in [6.07, 6.45) is -0.664. The summed E-state index contributed by atoms with van der Waals surface area (Å²) in [5.41, 5.74) is 2.68. The van der Waals surface area contributed by atoms with Crippen LogP contribution in [0.4, 0.5) is 26.1 Å². The summed E-state index contributed by atoms with van der Waals surface area (Å²) in [5, 5.41) is 9.07. The van der Waals surface area contributed by atoms with Crippen LogP contribution in [0.3, 0.4) is 0 Å². The Hall–Kier alpha value is -3.11. The summed E-state index contributed by atoms with van der Waals surface area (Å²) in [7, 11) is 3.70. The Labute approximate surface area is 236 Å². The van der Waals surface area contributed by atoms with Crippen molar-refractivity contribution in [2.24, 2.45) is 12.5 Å². The van der Waals surface area contributed by atoms with Gasteiger partial charge >= 0.3 is 0 Å². The fourth-order valence-corrected chi connectivity index (χ4v) is 4.67. The first-order valence-corrected chi connectivity index (χ1v) is 13.4. The van der Waals surface area contributed by atoms with E-state index in [4.69, 9.17) is 23.2 Å². The number of hydrogen-bond donors (Lipinski definition) is 3. The number of hydrogen-bond acceptors (Lipinski definition) is 5. The molecular weight excluding hydrogens is 549 g/mol. The largest absolute Gasteiger partial charge is 0.371 e. The molecule has 8 nitrogen and oxygen atoms in total. The first-order chi connectivity index (χ1) is 18.3. The lowest BCUT2D eigenvalue weighted by molar-refractivity contribution is -0.128. The minimum atomic E-state index is -2.65. The van der Waals surface area contributed by atoms with E-state index < -0.39 is 24.3 Å². The lowest BCUT2D eigenvalue weighted by Crippen LogP contribution is -2.34. The predicted octanol–water partition coefficient (Wildman–Crippen LogP) is 5.88. The van der Waals surface area contributed by atoms with Gasteiger partial charge in [0.05, 0.1) is 44.6 Å². The Morgan fingerprint density at radius 2 is 1.87 bits per heavy atom. The lowest BCUT2D eigenvalue weighted by Gasteiger charge is -2.22. The number of nitrogens with one attached hydrogen (secondary N) is 3. The average Bonchev–Trinajstić information content (AvgIpc) is 3.67. The van der Waals surface area contributed by atoms with Crippen LogP contribution >= 0.6 is 23.2 Å². The molecule has 210 valence electrons. The van der Waals surface area contributed by atoms with Gasteiger partial charge < -0.3 is 25.4 Å². The van der Waals surface area contributed by atoms with E-state index in [1.807, 2.05) is 45.8 Å². The van der Waals surface area contributed by atoms with E-state index in [0.29, 0.717) is 38.4 Å². The number of alkyl halides is 2. The molecule has 1 fully saturated rings. The fraction of sp³-hybridized carbons (Fsp3) is 0.444. The van der Waals surface area contributed by atoms with Gasteiger partial charge in [0.1, 0.15) is 0 Å². The van der Waals surface area contributed by atoms with E-state index in [-0.39, 0.29) is 24.1 Å². The molecule has 3 aromatic rings. The van der Waals surface area contributed by atoms with Crippen LogP contribution in [0.25, 0.3) is 11.0 Å². The maximum Gasteiger partial charge on any atom is 0.255 e. The highest BCUT2D eigenvalue weighted by atomic mass is 35.5. The van der Waals surface area contributed by atoms with Gasteiger partial charge in [0.25, 0.3) is 12.3 Å². The second-order valence-corrected chi connectivity index (χ2v) is 11.5. The molecule has 0 spiro atoms. The zero-order valence-electron chi connectivity index (χ0n) is 22.5. The van der Waals surface area contributed by atoms with Gasteiger partial charge in [-0.15, -0.1) is 0 Å². The molecule has 4 rings (SSSR count). The van der Waals surface area contributed by atoms with Crippen LogP contribution in [0.5, 0.6) is 0 Å². The summed E-state index contributed by atoms with van der Waals surface area (Å²) in [5.74, 6) is -0.287. The Bertz CT molecular complexity index is 1420. The van der Waals surface area contributed by atoms with Crippen molar-refractivity contribution in [3.05, 3.63) is 45.4 Å². The summed E-state index contributed by atoms with van der Waals surface area (Å²) < 4.78 is 27.3. The SMILES string of the molecule is CN(c1cc2c(cc1C(=O)NCC(F)F)nc(Nc1c(Cl)ccc(CNC(=O)C(C)(C)C)c1Cl)n2C)C1CC1. The molecular formula is C27H32Cl2F2N6O2. The second kappa shape index (κ2) is 11.2. The van der Waals surface area contributed by atoms with Crippen molar-refractivity contribution in [2.45, 2.75) is 52.6 Å². The van der Waals surface area contributed by atoms with Crippen LogP contribution in [-0.2, 0) is 18.4 Å². The summed E-state index contributed by atoms with van der Waals surface area (Å²) in [4.78, 5) is 31.8. The number of nitrogens with zero attached hydrogens (tertiary/aromatic N) is 3. The first kappa shape index (κ1) is 28.9. The third-order valence-corrected chi connectivity index (χ3v) is 7.41. The van der Waals surface area contributed by atoms with E-state index in [9.17, 15) is 18.4 Å². The Morgan fingerprint density at radius 3 is 2.49 bits per heavy atom. The third-order valence-electron chi connectivity index (χ3n) is 6.66. The van der Waals surface area contributed by atoms with Gasteiger partial charge in [-0.3, -0.25) is 9.59 Å². The van der Waals surface area contributed by atoms with Gasteiger partial charge in [-0.05, 0) is 36.6 Å². The minimum Gasteiger partial charge on any atom is -0.371 e. The predicted molar refractivity (Wildman–Crippen MR) is 152 cm³/mol. The second-order valence-electron chi connectivity index (χ2n) is 10.7. The quantitative estimate of drug-likeness (QED) is 0.294. The smallest absolute Gasteiger partial charge is 0.255 e. The van der Waals surface area contributed by atoms with Gasteiger partial charge in [0, 0.05) is 32.1 Å². The molecule has 39 heavy (non-hydrogen) atoms. The molecule has 0 bridgehead atoms. The zero-order valence-corrected chi connectivity index (χ0v) is 24.0. The molecule has 12 heteroatoms. The highest BCUT2D eigenvalue weighted by molar-refractivity contribution is 6.39. The highest BCUT2D eigenvalue weighted by Crippen LogP contribution is 2.38. The van der Waals surface area contributed by atoms with Crippen LogP contribution < -0.4 is 20.9 Å². The average molecular weight is 581 g/mol. The molecule has 0 aliphatic heterocycles. The number of aryl methyl sites for hydroxylation is 1. The van der Waals surface area contributed by atoms with Crippen LogP contribution in [-0.4, -0.2) is 47.4 Å². The normalized spacial score (nSPS) is 13.6. The fourth-order valence-electron chi connectivity index (χ4n) is 4.14. The van der Waals surface area contributed by atoms with E-state index in [1.165, 1.54) is 0 Å². The Kier molecular flexibility index (Phi) is 8.28. The van der Waals surface area contributed by atoms with Crippen molar-refractivity contribution in [3.8, 4) is 0 Å². The molecule has 0 radical (unpaired) electrons. The number of halogens is 4. The number of amides is 2. The number of rotatable bonds is 9. The van der Waals surface area contributed by atoms with E-state index in [0.717, 1.165) is 18.4 Å². The number of anilines is 3. The zero-order chi connectivity index (χ0) is 28.6. The standard InChI is InChI=1S/C27H32Cl2F2N6O2/c1-27(2,3)25(39)33-12-14-6-9-17(28)23(22(14)29)35-26-34-18-10-16(24(38)32-13-21(30)31)19(11-20(18)37(26)5)36(4)15-7-8-15/h6,9-11,15,21H,7-8,12-13H2,1-5H3,(H,32,38)(H,33,39)(H,34,35). The number of benzene rings is 2. The number of aromatic nitrogens is 2. The van der Waals surface area contributed by atoms with Crippen molar-refractivity contribution >= 4 is 63.4 Å². The molecule has 1 heterocycles. The molecule has 0 unspecified atom stereocenters. The van der Waals surface area contributed by atoms with Gasteiger partial charge in [-0.25, -0.2) is 13.8 Å². The first-order valence-electron chi connectivity index (χ1n) is 12.6. The minimum absolute atomic E-state index is 0.112. The third kappa shape index (κ3) is 6.38.